The summed E-state index contributed by atoms with van der Waals surface area (Å²) in [6.07, 6.45) is 0. The Kier molecular flexibility index (Phi) is 5.48. The number of hydrogen-bond acceptors (Lipinski definition) is 7. The first-order valence-electron chi connectivity index (χ1n) is 8.06. The second kappa shape index (κ2) is 8.15. The molecule has 0 fully saturated rings. The predicted octanol–water partition coefficient (Wildman–Crippen LogP) is 3.50. The normalized spacial score (nSPS) is 10.4. The minimum Gasteiger partial charge on any atom is -0.497 e. The van der Waals surface area contributed by atoms with E-state index in [0.29, 0.717) is 23.7 Å². The molecular formula is C19H18N2O5. The van der Waals surface area contributed by atoms with Crippen molar-refractivity contribution >= 4 is 5.97 Å². The molecule has 7 nitrogen and oxygen atoms in total. The average molecular weight is 354 g/mol. The highest BCUT2D eigenvalue weighted by Crippen LogP contribution is 2.20. The SMILES string of the molecule is CCOc1ccc(C(=O)OCc2nc(-c3ccc(OC)cc3)no2)cc1. The second-order valence-electron chi connectivity index (χ2n) is 5.27. The lowest BCUT2D eigenvalue weighted by molar-refractivity contribution is 0.0430. The van der Waals surface area contributed by atoms with Gasteiger partial charge in [-0.05, 0) is 55.5 Å². The first-order valence-corrected chi connectivity index (χ1v) is 8.06. The zero-order chi connectivity index (χ0) is 18.4. The Balaban J connectivity index is 1.59. The maximum Gasteiger partial charge on any atom is 0.338 e. The van der Waals surface area contributed by atoms with Gasteiger partial charge in [0.2, 0.25) is 5.82 Å². The van der Waals surface area contributed by atoms with Crippen LogP contribution in [0.3, 0.4) is 0 Å². The quantitative estimate of drug-likeness (QED) is 0.600. The number of ether oxygens (including phenoxy) is 3. The summed E-state index contributed by atoms with van der Waals surface area (Å²) < 4.78 is 20.8. The number of aromatic nitrogens is 2. The molecule has 0 N–H and O–H groups in total. The third-order valence-electron chi connectivity index (χ3n) is 3.54. The molecule has 0 saturated carbocycles. The lowest BCUT2D eigenvalue weighted by atomic mass is 10.2. The highest BCUT2D eigenvalue weighted by Gasteiger charge is 2.13. The molecule has 2 aromatic carbocycles. The van der Waals surface area contributed by atoms with Crippen LogP contribution in [0.15, 0.2) is 53.1 Å². The molecular weight excluding hydrogens is 336 g/mol. The van der Waals surface area contributed by atoms with Crippen LogP contribution in [-0.4, -0.2) is 29.8 Å². The summed E-state index contributed by atoms with van der Waals surface area (Å²) in [6.45, 7) is 2.36. The maximum atomic E-state index is 12.1. The second-order valence-corrected chi connectivity index (χ2v) is 5.27. The zero-order valence-corrected chi connectivity index (χ0v) is 14.5. The van der Waals surface area contributed by atoms with E-state index in [2.05, 4.69) is 10.1 Å². The summed E-state index contributed by atoms with van der Waals surface area (Å²) in [5.74, 6) is 1.60. The Morgan fingerprint density at radius 3 is 2.38 bits per heavy atom. The van der Waals surface area contributed by atoms with Gasteiger partial charge in [-0.1, -0.05) is 5.16 Å². The third kappa shape index (κ3) is 4.18. The number of rotatable bonds is 7. The maximum absolute atomic E-state index is 12.1. The number of hydrogen-bond donors (Lipinski definition) is 0. The lowest BCUT2D eigenvalue weighted by Gasteiger charge is -2.04. The molecule has 0 radical (unpaired) electrons. The Bertz CT molecular complexity index is 856. The van der Waals surface area contributed by atoms with Gasteiger partial charge in [-0.15, -0.1) is 0 Å². The van der Waals surface area contributed by atoms with Crippen molar-refractivity contribution in [3.05, 3.63) is 60.0 Å². The van der Waals surface area contributed by atoms with Gasteiger partial charge in [-0.2, -0.15) is 4.98 Å². The molecule has 3 aromatic rings. The van der Waals surface area contributed by atoms with Crippen LogP contribution in [-0.2, 0) is 11.3 Å². The van der Waals surface area contributed by atoms with Crippen molar-refractivity contribution in [2.75, 3.05) is 13.7 Å². The number of carbonyl (C=O) groups is 1. The van der Waals surface area contributed by atoms with Crippen LogP contribution in [0.1, 0.15) is 23.2 Å². The van der Waals surface area contributed by atoms with Gasteiger partial charge in [-0.25, -0.2) is 4.79 Å². The summed E-state index contributed by atoms with van der Waals surface area (Å²) in [6, 6.07) is 14.0. The molecule has 0 atom stereocenters. The van der Waals surface area contributed by atoms with Gasteiger partial charge in [0, 0.05) is 5.56 Å². The molecule has 26 heavy (non-hydrogen) atoms. The van der Waals surface area contributed by atoms with E-state index < -0.39 is 5.97 Å². The van der Waals surface area contributed by atoms with E-state index in [1.807, 2.05) is 19.1 Å². The van der Waals surface area contributed by atoms with Crippen molar-refractivity contribution in [3.63, 3.8) is 0 Å². The fourth-order valence-electron chi connectivity index (χ4n) is 2.24. The number of nitrogens with zero attached hydrogens (tertiary/aromatic N) is 2. The highest BCUT2D eigenvalue weighted by molar-refractivity contribution is 5.89. The summed E-state index contributed by atoms with van der Waals surface area (Å²) in [5, 5.41) is 3.89. The Morgan fingerprint density at radius 1 is 1.04 bits per heavy atom. The van der Waals surface area contributed by atoms with Crippen LogP contribution in [0.2, 0.25) is 0 Å². The van der Waals surface area contributed by atoms with Crippen LogP contribution >= 0.6 is 0 Å². The van der Waals surface area contributed by atoms with Crippen molar-refractivity contribution in [1.29, 1.82) is 0 Å². The zero-order valence-electron chi connectivity index (χ0n) is 14.5. The van der Waals surface area contributed by atoms with Crippen molar-refractivity contribution in [2.24, 2.45) is 0 Å². The average Bonchev–Trinajstić information content (AvgIpc) is 3.16. The van der Waals surface area contributed by atoms with Gasteiger partial charge >= 0.3 is 5.97 Å². The van der Waals surface area contributed by atoms with Crippen LogP contribution in [0.5, 0.6) is 11.5 Å². The van der Waals surface area contributed by atoms with Crippen LogP contribution in [0.4, 0.5) is 0 Å². The molecule has 0 amide bonds. The van der Waals surface area contributed by atoms with Crippen LogP contribution < -0.4 is 9.47 Å². The molecule has 1 aromatic heterocycles. The smallest absolute Gasteiger partial charge is 0.338 e. The monoisotopic (exact) mass is 354 g/mol. The minimum absolute atomic E-state index is 0.102. The van der Waals surface area contributed by atoms with E-state index in [1.165, 1.54) is 0 Å². The van der Waals surface area contributed by atoms with E-state index in [-0.39, 0.29) is 12.5 Å². The molecule has 0 aliphatic rings. The number of esters is 1. The van der Waals surface area contributed by atoms with Crippen molar-refractivity contribution in [1.82, 2.24) is 10.1 Å². The summed E-state index contributed by atoms with van der Waals surface area (Å²) in [7, 11) is 1.60. The van der Waals surface area contributed by atoms with Crippen molar-refractivity contribution in [2.45, 2.75) is 13.5 Å². The van der Waals surface area contributed by atoms with E-state index in [1.54, 1.807) is 43.5 Å². The largest absolute Gasteiger partial charge is 0.497 e. The van der Waals surface area contributed by atoms with Gasteiger partial charge in [-0.3, -0.25) is 0 Å². The molecule has 0 aliphatic heterocycles. The molecule has 0 unspecified atom stereocenters. The van der Waals surface area contributed by atoms with Crippen molar-refractivity contribution in [3.8, 4) is 22.9 Å². The summed E-state index contributed by atoms with van der Waals surface area (Å²) in [4.78, 5) is 16.3. The van der Waals surface area contributed by atoms with E-state index in [0.717, 1.165) is 11.3 Å². The molecule has 0 spiro atoms. The Morgan fingerprint density at radius 2 is 1.73 bits per heavy atom. The molecule has 0 saturated heterocycles. The lowest BCUT2D eigenvalue weighted by Crippen LogP contribution is -2.05. The van der Waals surface area contributed by atoms with Crippen LogP contribution in [0.25, 0.3) is 11.4 Å². The van der Waals surface area contributed by atoms with Gasteiger partial charge in [0.05, 0.1) is 19.3 Å². The fourth-order valence-corrected chi connectivity index (χ4v) is 2.24. The fraction of sp³-hybridized carbons (Fsp3) is 0.211. The number of benzene rings is 2. The highest BCUT2D eigenvalue weighted by atomic mass is 16.6. The van der Waals surface area contributed by atoms with E-state index in [4.69, 9.17) is 18.7 Å². The number of methoxy groups -OCH3 is 1. The molecule has 1 heterocycles. The molecule has 0 aliphatic carbocycles. The van der Waals surface area contributed by atoms with Gasteiger partial charge in [0.25, 0.3) is 5.89 Å². The first-order chi connectivity index (χ1) is 12.7. The predicted molar refractivity (Wildman–Crippen MR) is 93.0 cm³/mol. The summed E-state index contributed by atoms with van der Waals surface area (Å²) >= 11 is 0. The number of carbonyl (C=O) groups excluding carboxylic acids is 1. The summed E-state index contributed by atoms with van der Waals surface area (Å²) in [5.41, 5.74) is 1.20. The first kappa shape index (κ1) is 17.5. The van der Waals surface area contributed by atoms with Gasteiger partial charge in [0.1, 0.15) is 11.5 Å². The molecule has 0 bridgehead atoms. The topological polar surface area (TPSA) is 83.7 Å². The Hall–Kier alpha value is -3.35. The molecule has 7 heteroatoms. The van der Waals surface area contributed by atoms with Gasteiger partial charge < -0.3 is 18.7 Å². The van der Waals surface area contributed by atoms with Crippen molar-refractivity contribution < 1.29 is 23.5 Å². The van der Waals surface area contributed by atoms with E-state index >= 15 is 0 Å². The molecule has 134 valence electrons. The van der Waals surface area contributed by atoms with Crippen LogP contribution in [0, 0.1) is 0 Å². The standard InChI is InChI=1S/C19H18N2O5/c1-3-24-16-10-6-14(7-11-16)19(22)25-12-17-20-18(21-26-17)13-4-8-15(23-2)9-5-13/h4-11H,3,12H2,1-2H3. The molecule has 3 rings (SSSR count). The van der Waals surface area contributed by atoms with Gasteiger partial charge in [0.15, 0.2) is 6.61 Å². The third-order valence-corrected chi connectivity index (χ3v) is 3.54. The van der Waals surface area contributed by atoms with E-state index in [9.17, 15) is 4.79 Å². The minimum atomic E-state index is -0.475. The Labute approximate surface area is 150 Å².